The number of benzene rings is 1. The summed E-state index contributed by atoms with van der Waals surface area (Å²) in [6, 6.07) is 4.29. The summed E-state index contributed by atoms with van der Waals surface area (Å²) in [7, 11) is -3.86. The molecule has 6 nitrogen and oxygen atoms in total. The van der Waals surface area contributed by atoms with E-state index in [9.17, 15) is 8.42 Å². The Hall–Kier alpha value is -1.29. The number of thiocarbonyl (C=S) groups is 1. The van der Waals surface area contributed by atoms with Crippen LogP contribution in [0.3, 0.4) is 0 Å². The van der Waals surface area contributed by atoms with Crippen LogP contribution in [0, 0.1) is 0 Å². The summed E-state index contributed by atoms with van der Waals surface area (Å²) >= 11 is 11.7. The standard InChI is InChI=1S/C9H7ClN4O2S3/c10-6-2-1-5(8(11)17)3-7(6)19(15,16)14-9-13-12-4-18-9/h1-4H,(H2,11,17)(H,13,14). The van der Waals surface area contributed by atoms with Crippen LogP contribution in [-0.4, -0.2) is 23.6 Å². The fourth-order valence-electron chi connectivity index (χ4n) is 1.25. The molecule has 0 saturated carbocycles. The van der Waals surface area contributed by atoms with Gasteiger partial charge < -0.3 is 5.73 Å². The second-order valence-corrected chi connectivity index (χ2v) is 6.69. The first-order valence-corrected chi connectivity index (χ1v) is 7.93. The van der Waals surface area contributed by atoms with Crippen molar-refractivity contribution < 1.29 is 8.42 Å². The first-order valence-electron chi connectivity index (χ1n) is 4.78. The lowest BCUT2D eigenvalue weighted by atomic mass is 10.2. The minimum absolute atomic E-state index is 0.0667. The number of anilines is 1. The average molecular weight is 335 g/mol. The number of hydrogen-bond acceptors (Lipinski definition) is 6. The van der Waals surface area contributed by atoms with Crippen LogP contribution in [0.4, 0.5) is 5.13 Å². The van der Waals surface area contributed by atoms with Crippen molar-refractivity contribution in [3.63, 3.8) is 0 Å². The Morgan fingerprint density at radius 3 is 2.79 bits per heavy atom. The molecule has 3 N–H and O–H groups in total. The molecule has 0 aliphatic rings. The van der Waals surface area contributed by atoms with Crippen molar-refractivity contribution in [3.8, 4) is 0 Å². The molecule has 0 radical (unpaired) electrons. The topological polar surface area (TPSA) is 98.0 Å². The molecule has 100 valence electrons. The SMILES string of the molecule is NC(=S)c1ccc(Cl)c(S(=O)(=O)Nc2nncs2)c1. The lowest BCUT2D eigenvalue weighted by molar-refractivity contribution is 0.601. The van der Waals surface area contributed by atoms with E-state index >= 15 is 0 Å². The van der Waals surface area contributed by atoms with Crippen LogP contribution >= 0.6 is 35.2 Å². The number of rotatable bonds is 4. The number of nitrogens with one attached hydrogen (secondary N) is 1. The van der Waals surface area contributed by atoms with E-state index in [2.05, 4.69) is 14.9 Å². The van der Waals surface area contributed by atoms with Crippen LogP contribution in [0.25, 0.3) is 0 Å². The van der Waals surface area contributed by atoms with E-state index < -0.39 is 10.0 Å². The fourth-order valence-corrected chi connectivity index (χ4v) is 3.60. The van der Waals surface area contributed by atoms with Gasteiger partial charge in [-0.05, 0) is 12.1 Å². The number of aromatic nitrogens is 2. The molecule has 0 fully saturated rings. The van der Waals surface area contributed by atoms with Crippen LogP contribution in [0.1, 0.15) is 5.56 Å². The molecular weight excluding hydrogens is 328 g/mol. The Labute approximate surface area is 123 Å². The molecule has 0 aliphatic carbocycles. The summed E-state index contributed by atoms with van der Waals surface area (Å²) in [6.07, 6.45) is 0. The summed E-state index contributed by atoms with van der Waals surface area (Å²) < 4.78 is 26.6. The Bertz CT molecular complexity index is 715. The van der Waals surface area contributed by atoms with Crippen LogP contribution in [0.15, 0.2) is 28.6 Å². The van der Waals surface area contributed by atoms with Gasteiger partial charge in [-0.3, -0.25) is 4.72 Å². The maximum absolute atomic E-state index is 12.2. The van der Waals surface area contributed by atoms with Gasteiger partial charge in [-0.15, -0.1) is 10.2 Å². The highest BCUT2D eigenvalue weighted by Gasteiger charge is 2.20. The van der Waals surface area contributed by atoms with Crippen LogP contribution in [0.5, 0.6) is 0 Å². The van der Waals surface area contributed by atoms with Gasteiger partial charge in [0, 0.05) is 5.56 Å². The van der Waals surface area contributed by atoms with E-state index in [-0.39, 0.29) is 20.0 Å². The van der Waals surface area contributed by atoms with Gasteiger partial charge in [0.2, 0.25) is 5.13 Å². The van der Waals surface area contributed by atoms with Crippen LogP contribution in [-0.2, 0) is 10.0 Å². The minimum atomic E-state index is -3.86. The third-order valence-electron chi connectivity index (χ3n) is 2.09. The van der Waals surface area contributed by atoms with Crippen molar-refractivity contribution in [2.24, 2.45) is 5.73 Å². The molecule has 1 aromatic heterocycles. The third kappa shape index (κ3) is 3.18. The zero-order valence-corrected chi connectivity index (χ0v) is 12.4. The van der Waals surface area contributed by atoms with Crippen molar-refractivity contribution in [2.75, 3.05) is 4.72 Å². The molecule has 0 atom stereocenters. The predicted molar refractivity (Wildman–Crippen MR) is 78.1 cm³/mol. The summed E-state index contributed by atoms with van der Waals surface area (Å²) in [5.74, 6) is 0. The van der Waals surface area contributed by atoms with Gasteiger partial charge in [0.25, 0.3) is 10.0 Å². The van der Waals surface area contributed by atoms with E-state index in [1.54, 1.807) is 6.07 Å². The van der Waals surface area contributed by atoms with E-state index in [1.807, 2.05) is 0 Å². The number of hydrogen-bond donors (Lipinski definition) is 2. The van der Waals surface area contributed by atoms with Gasteiger partial charge in [-0.2, -0.15) is 0 Å². The Morgan fingerprint density at radius 1 is 1.47 bits per heavy atom. The molecule has 0 saturated heterocycles. The molecule has 0 amide bonds. The van der Waals surface area contributed by atoms with E-state index in [4.69, 9.17) is 29.6 Å². The van der Waals surface area contributed by atoms with Crippen molar-refractivity contribution >= 4 is 55.3 Å². The molecule has 2 rings (SSSR count). The Kier molecular flexibility index (Phi) is 3.99. The predicted octanol–water partition coefficient (Wildman–Crippen LogP) is 1.63. The van der Waals surface area contributed by atoms with E-state index in [1.165, 1.54) is 17.6 Å². The number of nitrogens with two attached hydrogens (primary N) is 1. The second kappa shape index (κ2) is 5.37. The smallest absolute Gasteiger partial charge is 0.265 e. The van der Waals surface area contributed by atoms with Crippen LogP contribution in [0.2, 0.25) is 5.02 Å². The van der Waals surface area contributed by atoms with E-state index in [0.29, 0.717) is 5.56 Å². The zero-order chi connectivity index (χ0) is 14.0. The molecule has 0 bridgehead atoms. The molecular formula is C9H7ClN4O2S3. The van der Waals surface area contributed by atoms with Crippen molar-refractivity contribution in [1.82, 2.24) is 10.2 Å². The summed E-state index contributed by atoms with van der Waals surface area (Å²) in [5.41, 5.74) is 7.29. The zero-order valence-electron chi connectivity index (χ0n) is 9.20. The summed E-state index contributed by atoms with van der Waals surface area (Å²) in [5, 5.41) is 7.35. The molecule has 1 aromatic carbocycles. The molecule has 19 heavy (non-hydrogen) atoms. The van der Waals surface area contributed by atoms with E-state index in [0.717, 1.165) is 11.3 Å². The quantitative estimate of drug-likeness (QED) is 0.825. The van der Waals surface area contributed by atoms with Gasteiger partial charge >= 0.3 is 0 Å². The summed E-state index contributed by atoms with van der Waals surface area (Å²) in [6.45, 7) is 0. The fraction of sp³-hybridized carbons (Fsp3) is 0. The van der Waals surface area contributed by atoms with Gasteiger partial charge in [-0.1, -0.05) is 41.2 Å². The monoisotopic (exact) mass is 334 g/mol. The number of nitrogens with zero attached hydrogens (tertiary/aromatic N) is 2. The third-order valence-corrected chi connectivity index (χ3v) is 4.88. The lowest BCUT2D eigenvalue weighted by Gasteiger charge is -2.08. The molecule has 0 spiro atoms. The molecule has 1 heterocycles. The molecule has 0 unspecified atom stereocenters. The lowest BCUT2D eigenvalue weighted by Crippen LogP contribution is -2.15. The van der Waals surface area contributed by atoms with Crippen LogP contribution < -0.4 is 10.5 Å². The summed E-state index contributed by atoms with van der Waals surface area (Å²) in [4.78, 5) is -0.0290. The van der Waals surface area contributed by atoms with Crippen molar-refractivity contribution in [3.05, 3.63) is 34.3 Å². The average Bonchev–Trinajstić information content (AvgIpc) is 2.81. The highest BCUT2D eigenvalue weighted by Crippen LogP contribution is 2.25. The highest BCUT2D eigenvalue weighted by atomic mass is 35.5. The highest BCUT2D eigenvalue weighted by molar-refractivity contribution is 7.93. The first kappa shape index (κ1) is 14.1. The maximum Gasteiger partial charge on any atom is 0.265 e. The largest absolute Gasteiger partial charge is 0.389 e. The Balaban J connectivity index is 2.45. The molecule has 2 aromatic rings. The second-order valence-electron chi connectivity index (χ2n) is 3.36. The molecule has 10 heteroatoms. The van der Waals surface area contributed by atoms with Crippen molar-refractivity contribution in [2.45, 2.75) is 4.90 Å². The number of halogens is 1. The van der Waals surface area contributed by atoms with Crippen molar-refractivity contribution in [1.29, 1.82) is 0 Å². The first-order chi connectivity index (χ1) is 8.90. The Morgan fingerprint density at radius 2 is 2.21 bits per heavy atom. The normalized spacial score (nSPS) is 11.2. The van der Waals surface area contributed by atoms with Gasteiger partial charge in [-0.25, -0.2) is 8.42 Å². The maximum atomic E-state index is 12.2. The van der Waals surface area contributed by atoms with Gasteiger partial charge in [0.05, 0.1) is 5.02 Å². The molecule has 0 aliphatic heterocycles. The van der Waals surface area contributed by atoms with Gasteiger partial charge in [0.15, 0.2) is 0 Å². The minimum Gasteiger partial charge on any atom is -0.389 e. The number of sulfonamides is 1. The van der Waals surface area contributed by atoms with Gasteiger partial charge in [0.1, 0.15) is 15.4 Å².